The second kappa shape index (κ2) is 13.9. The van der Waals surface area contributed by atoms with Crippen molar-refractivity contribution in [3.05, 3.63) is 83.4 Å². The Hall–Kier alpha value is -4.97. The Balaban J connectivity index is 1.49. The molecule has 0 saturated heterocycles. The van der Waals surface area contributed by atoms with Crippen LogP contribution in [0.4, 0.5) is 5.69 Å². The van der Waals surface area contributed by atoms with Crippen LogP contribution in [0.25, 0.3) is 6.08 Å². The first kappa shape index (κ1) is 27.6. The molecule has 9 heteroatoms. The molecule has 0 atom stereocenters. The van der Waals surface area contributed by atoms with Crippen LogP contribution in [0.5, 0.6) is 23.0 Å². The van der Waals surface area contributed by atoms with Crippen molar-refractivity contribution < 1.29 is 28.5 Å². The second-order valence-corrected chi connectivity index (χ2v) is 8.00. The van der Waals surface area contributed by atoms with Crippen molar-refractivity contribution in [1.82, 2.24) is 5.32 Å². The minimum atomic E-state index is -0.469. The molecular weight excluding hydrogens is 486 g/mol. The number of amides is 2. The minimum Gasteiger partial charge on any atom is -0.497 e. The van der Waals surface area contributed by atoms with E-state index in [0.717, 1.165) is 5.56 Å². The van der Waals surface area contributed by atoms with Crippen molar-refractivity contribution in [2.24, 2.45) is 0 Å². The van der Waals surface area contributed by atoms with Gasteiger partial charge in [0.2, 0.25) is 0 Å². The van der Waals surface area contributed by atoms with E-state index in [-0.39, 0.29) is 18.1 Å². The maximum Gasteiger partial charge on any atom is 0.262 e. The SMILES string of the molecule is COc1ccc(NC(=O)COc2ccc(/C=C(\C#N)C(=O)NCCc3ccc(OC)c(OC)c3)cc2)cc1. The average Bonchev–Trinajstić information content (AvgIpc) is 2.95. The van der Waals surface area contributed by atoms with E-state index in [0.29, 0.717) is 47.2 Å². The summed E-state index contributed by atoms with van der Waals surface area (Å²) in [5, 5.41) is 15.0. The van der Waals surface area contributed by atoms with E-state index in [1.807, 2.05) is 18.2 Å². The monoisotopic (exact) mass is 515 g/mol. The zero-order valence-electron chi connectivity index (χ0n) is 21.4. The van der Waals surface area contributed by atoms with Gasteiger partial charge in [0.25, 0.3) is 11.8 Å². The maximum atomic E-state index is 12.5. The lowest BCUT2D eigenvalue weighted by molar-refractivity contribution is -0.118. The van der Waals surface area contributed by atoms with Crippen LogP contribution in [0.3, 0.4) is 0 Å². The summed E-state index contributed by atoms with van der Waals surface area (Å²) in [5.74, 6) is 1.63. The van der Waals surface area contributed by atoms with Gasteiger partial charge < -0.3 is 29.6 Å². The van der Waals surface area contributed by atoms with Gasteiger partial charge >= 0.3 is 0 Å². The van der Waals surface area contributed by atoms with Gasteiger partial charge in [0.1, 0.15) is 23.1 Å². The highest BCUT2D eigenvalue weighted by Crippen LogP contribution is 2.27. The van der Waals surface area contributed by atoms with Crippen LogP contribution in [0.2, 0.25) is 0 Å². The largest absolute Gasteiger partial charge is 0.497 e. The van der Waals surface area contributed by atoms with Gasteiger partial charge in [-0.3, -0.25) is 9.59 Å². The Labute approximate surface area is 221 Å². The summed E-state index contributed by atoms with van der Waals surface area (Å²) in [5.41, 5.74) is 2.21. The van der Waals surface area contributed by atoms with Crippen LogP contribution in [-0.2, 0) is 16.0 Å². The number of hydrogen-bond donors (Lipinski definition) is 2. The molecule has 0 aromatic heterocycles. The van der Waals surface area contributed by atoms with Gasteiger partial charge in [-0.1, -0.05) is 18.2 Å². The quantitative estimate of drug-likeness (QED) is 0.276. The molecule has 0 aliphatic rings. The van der Waals surface area contributed by atoms with Crippen LogP contribution in [-0.4, -0.2) is 46.3 Å². The van der Waals surface area contributed by atoms with Gasteiger partial charge in [0, 0.05) is 12.2 Å². The molecule has 0 bridgehead atoms. The average molecular weight is 516 g/mol. The van der Waals surface area contributed by atoms with Crippen molar-refractivity contribution in [3.63, 3.8) is 0 Å². The van der Waals surface area contributed by atoms with Crippen LogP contribution >= 0.6 is 0 Å². The zero-order valence-corrected chi connectivity index (χ0v) is 21.4. The van der Waals surface area contributed by atoms with Gasteiger partial charge in [-0.05, 0) is 72.2 Å². The highest BCUT2D eigenvalue weighted by molar-refractivity contribution is 6.01. The molecule has 0 spiro atoms. The summed E-state index contributed by atoms with van der Waals surface area (Å²) in [7, 11) is 4.70. The second-order valence-electron chi connectivity index (χ2n) is 8.00. The fraction of sp³-hybridized carbons (Fsp3) is 0.207. The van der Waals surface area contributed by atoms with Gasteiger partial charge in [-0.25, -0.2) is 0 Å². The van der Waals surface area contributed by atoms with Crippen molar-refractivity contribution in [2.45, 2.75) is 6.42 Å². The molecule has 0 fully saturated rings. The molecule has 0 unspecified atom stereocenters. The predicted octanol–water partition coefficient (Wildman–Crippen LogP) is 4.00. The lowest BCUT2D eigenvalue weighted by Crippen LogP contribution is -2.26. The van der Waals surface area contributed by atoms with E-state index >= 15 is 0 Å². The maximum absolute atomic E-state index is 12.5. The number of rotatable bonds is 12. The van der Waals surface area contributed by atoms with Crippen LogP contribution in [0, 0.1) is 11.3 Å². The third-order valence-corrected chi connectivity index (χ3v) is 5.45. The number of nitrogens with zero attached hydrogens (tertiary/aromatic N) is 1. The number of ether oxygens (including phenoxy) is 4. The third-order valence-electron chi connectivity index (χ3n) is 5.45. The third kappa shape index (κ3) is 8.03. The summed E-state index contributed by atoms with van der Waals surface area (Å²) in [6, 6.07) is 21.2. The van der Waals surface area contributed by atoms with Crippen molar-refractivity contribution in [3.8, 4) is 29.1 Å². The first-order chi connectivity index (χ1) is 18.4. The number of hydrogen-bond acceptors (Lipinski definition) is 7. The lowest BCUT2D eigenvalue weighted by Gasteiger charge is -2.10. The predicted molar refractivity (Wildman–Crippen MR) is 143 cm³/mol. The molecule has 0 radical (unpaired) electrons. The molecule has 0 aliphatic heterocycles. The summed E-state index contributed by atoms with van der Waals surface area (Å²) < 4.78 is 21.1. The first-order valence-electron chi connectivity index (χ1n) is 11.7. The Morgan fingerprint density at radius 2 is 1.55 bits per heavy atom. The molecule has 38 heavy (non-hydrogen) atoms. The molecule has 9 nitrogen and oxygen atoms in total. The molecule has 196 valence electrons. The normalized spacial score (nSPS) is 10.6. The summed E-state index contributed by atoms with van der Waals surface area (Å²) >= 11 is 0. The fourth-order valence-electron chi connectivity index (χ4n) is 3.45. The summed E-state index contributed by atoms with van der Waals surface area (Å²) in [6.07, 6.45) is 2.05. The van der Waals surface area contributed by atoms with Crippen LogP contribution < -0.4 is 29.6 Å². The number of anilines is 1. The molecule has 0 saturated carbocycles. The topological polar surface area (TPSA) is 119 Å². The van der Waals surface area contributed by atoms with Crippen molar-refractivity contribution in [2.75, 3.05) is 39.8 Å². The van der Waals surface area contributed by atoms with E-state index in [9.17, 15) is 14.9 Å². The number of benzene rings is 3. The van der Waals surface area contributed by atoms with E-state index in [1.54, 1.807) is 75.9 Å². The Kier molecular flexibility index (Phi) is 10.1. The molecule has 3 aromatic carbocycles. The molecule has 3 aromatic rings. The number of nitriles is 1. The van der Waals surface area contributed by atoms with E-state index in [4.69, 9.17) is 18.9 Å². The fourth-order valence-corrected chi connectivity index (χ4v) is 3.45. The highest BCUT2D eigenvalue weighted by Gasteiger charge is 2.10. The highest BCUT2D eigenvalue weighted by atomic mass is 16.5. The van der Waals surface area contributed by atoms with E-state index in [2.05, 4.69) is 10.6 Å². The van der Waals surface area contributed by atoms with Crippen molar-refractivity contribution in [1.29, 1.82) is 5.26 Å². The standard InChI is InChI=1S/C29H29N3O6/c1-35-24-11-7-23(8-12-24)32-28(33)19-38-25-9-4-20(5-10-25)16-22(18-30)29(34)31-15-14-21-6-13-26(36-2)27(17-21)37-3/h4-13,16-17H,14-15,19H2,1-3H3,(H,31,34)(H,32,33)/b22-16+. The van der Waals surface area contributed by atoms with Crippen LogP contribution in [0.15, 0.2) is 72.3 Å². The molecular formula is C29H29N3O6. The Bertz CT molecular complexity index is 1310. The number of carbonyl (C=O) groups is 2. The first-order valence-corrected chi connectivity index (χ1v) is 11.7. The summed E-state index contributed by atoms with van der Waals surface area (Å²) in [6.45, 7) is 0.172. The zero-order chi connectivity index (χ0) is 27.3. The van der Waals surface area contributed by atoms with Gasteiger partial charge in [-0.2, -0.15) is 5.26 Å². The molecule has 2 amide bonds. The molecule has 0 aliphatic carbocycles. The van der Waals surface area contributed by atoms with Crippen LogP contribution in [0.1, 0.15) is 11.1 Å². The summed E-state index contributed by atoms with van der Waals surface area (Å²) in [4.78, 5) is 24.6. The molecule has 2 N–H and O–H groups in total. The smallest absolute Gasteiger partial charge is 0.262 e. The van der Waals surface area contributed by atoms with Gasteiger partial charge in [0.15, 0.2) is 18.1 Å². The Morgan fingerprint density at radius 1 is 0.868 bits per heavy atom. The van der Waals surface area contributed by atoms with E-state index in [1.165, 1.54) is 6.08 Å². The number of nitrogens with one attached hydrogen (secondary N) is 2. The molecule has 0 heterocycles. The van der Waals surface area contributed by atoms with Gasteiger partial charge in [-0.15, -0.1) is 0 Å². The number of methoxy groups -OCH3 is 3. The lowest BCUT2D eigenvalue weighted by atomic mass is 10.1. The van der Waals surface area contributed by atoms with Gasteiger partial charge in [0.05, 0.1) is 21.3 Å². The molecule has 3 rings (SSSR count). The van der Waals surface area contributed by atoms with E-state index < -0.39 is 5.91 Å². The number of carbonyl (C=O) groups excluding carboxylic acids is 2. The minimum absolute atomic E-state index is 0.0233. The van der Waals surface area contributed by atoms with Crippen molar-refractivity contribution >= 4 is 23.6 Å². The Morgan fingerprint density at radius 3 is 2.18 bits per heavy atom.